The molecule has 0 spiro atoms. The molecule has 1 saturated heterocycles. The van der Waals surface area contributed by atoms with Crippen molar-refractivity contribution in [3.05, 3.63) is 27.9 Å². The number of nitriles is 1. The summed E-state index contributed by atoms with van der Waals surface area (Å²) in [5.41, 5.74) is -0.459. The van der Waals surface area contributed by atoms with Gasteiger partial charge in [-0.1, -0.05) is 0 Å². The van der Waals surface area contributed by atoms with E-state index in [1.807, 2.05) is 0 Å². The third-order valence-corrected chi connectivity index (χ3v) is 2.46. The van der Waals surface area contributed by atoms with Gasteiger partial charge in [0, 0.05) is 12.7 Å². The third kappa shape index (κ3) is 2.49. The first kappa shape index (κ1) is 11.3. The van der Waals surface area contributed by atoms with Gasteiger partial charge in [0.25, 0.3) is 0 Å². The normalized spacial score (nSPS) is 18.6. The predicted molar refractivity (Wildman–Crippen MR) is 58.5 cm³/mol. The largest absolute Gasteiger partial charge is 0.379 e. The highest BCUT2D eigenvalue weighted by Gasteiger charge is 2.19. The van der Waals surface area contributed by atoms with Gasteiger partial charge in [0.05, 0.1) is 17.6 Å². The molecule has 1 aliphatic heterocycles. The molecule has 0 amide bonds. The van der Waals surface area contributed by atoms with Crippen LogP contribution in [0.2, 0.25) is 0 Å². The molecule has 1 atom stereocenters. The van der Waals surface area contributed by atoms with E-state index in [0.717, 1.165) is 6.42 Å². The fourth-order valence-electron chi connectivity index (χ4n) is 1.62. The number of ether oxygens (including phenoxy) is 1. The molecule has 1 unspecified atom stereocenters. The molecular weight excluding hydrogens is 224 g/mol. The van der Waals surface area contributed by atoms with Crippen LogP contribution in [-0.4, -0.2) is 29.2 Å². The molecular formula is C10H10N4O3. The van der Waals surface area contributed by atoms with Crippen LogP contribution in [0.25, 0.3) is 0 Å². The second kappa shape index (κ2) is 4.76. The Balaban J connectivity index is 2.19. The van der Waals surface area contributed by atoms with Gasteiger partial charge in [0.15, 0.2) is 0 Å². The predicted octanol–water partition coefficient (Wildman–Crippen LogP) is 1.06. The minimum atomic E-state index is -0.617. The van der Waals surface area contributed by atoms with Gasteiger partial charge in [-0.25, -0.2) is 4.98 Å². The molecule has 1 fully saturated rings. The SMILES string of the molecule is N#Cc1nc(NC2CCOC2)ccc1[N+](=O)[O-]. The van der Waals surface area contributed by atoms with Gasteiger partial charge in [0.1, 0.15) is 11.9 Å². The molecule has 7 heteroatoms. The smallest absolute Gasteiger partial charge is 0.305 e. The number of anilines is 1. The first-order valence-electron chi connectivity index (χ1n) is 5.10. The van der Waals surface area contributed by atoms with Crippen LogP contribution in [0.15, 0.2) is 12.1 Å². The summed E-state index contributed by atoms with van der Waals surface area (Å²) in [5.74, 6) is 0.461. The van der Waals surface area contributed by atoms with Crippen LogP contribution in [-0.2, 0) is 4.74 Å². The van der Waals surface area contributed by atoms with Gasteiger partial charge in [-0.05, 0) is 12.5 Å². The Hall–Kier alpha value is -2.20. The number of nitrogens with one attached hydrogen (secondary N) is 1. The third-order valence-electron chi connectivity index (χ3n) is 2.46. The monoisotopic (exact) mass is 234 g/mol. The van der Waals surface area contributed by atoms with Crippen molar-refractivity contribution in [2.24, 2.45) is 0 Å². The lowest BCUT2D eigenvalue weighted by Crippen LogP contribution is -2.19. The first-order chi connectivity index (χ1) is 8.20. The maximum absolute atomic E-state index is 10.6. The highest BCUT2D eigenvalue weighted by atomic mass is 16.6. The zero-order valence-corrected chi connectivity index (χ0v) is 8.92. The molecule has 1 aliphatic rings. The van der Waals surface area contributed by atoms with Crippen LogP contribution < -0.4 is 5.32 Å². The number of hydrogen-bond donors (Lipinski definition) is 1. The van der Waals surface area contributed by atoms with Gasteiger partial charge in [-0.2, -0.15) is 5.26 Å². The van der Waals surface area contributed by atoms with Crippen molar-refractivity contribution in [3.63, 3.8) is 0 Å². The van der Waals surface area contributed by atoms with Crippen molar-refractivity contribution >= 4 is 11.5 Å². The van der Waals surface area contributed by atoms with Crippen LogP contribution >= 0.6 is 0 Å². The van der Waals surface area contributed by atoms with E-state index in [9.17, 15) is 10.1 Å². The van der Waals surface area contributed by atoms with Gasteiger partial charge < -0.3 is 10.1 Å². The number of nitro groups is 1. The van der Waals surface area contributed by atoms with E-state index in [1.165, 1.54) is 12.1 Å². The van der Waals surface area contributed by atoms with Gasteiger partial charge in [-0.3, -0.25) is 10.1 Å². The second-order valence-electron chi connectivity index (χ2n) is 3.64. The number of hydrogen-bond acceptors (Lipinski definition) is 6. The summed E-state index contributed by atoms with van der Waals surface area (Å²) in [6, 6.07) is 4.65. The van der Waals surface area contributed by atoms with E-state index in [1.54, 1.807) is 6.07 Å². The molecule has 1 aromatic rings. The highest BCUT2D eigenvalue weighted by molar-refractivity contribution is 5.50. The van der Waals surface area contributed by atoms with Crippen molar-refractivity contribution in [1.82, 2.24) is 4.98 Å². The molecule has 1 aromatic heterocycles. The molecule has 17 heavy (non-hydrogen) atoms. The fourth-order valence-corrected chi connectivity index (χ4v) is 1.62. The molecule has 0 aliphatic carbocycles. The van der Waals surface area contributed by atoms with Crippen molar-refractivity contribution in [1.29, 1.82) is 5.26 Å². The van der Waals surface area contributed by atoms with Crippen LogP contribution in [0.1, 0.15) is 12.1 Å². The Bertz CT molecular complexity index is 477. The second-order valence-corrected chi connectivity index (χ2v) is 3.64. The Morgan fingerprint density at radius 2 is 2.47 bits per heavy atom. The lowest BCUT2D eigenvalue weighted by molar-refractivity contribution is -0.385. The molecule has 1 N–H and O–H groups in total. The number of rotatable bonds is 3. The summed E-state index contributed by atoms with van der Waals surface area (Å²) < 4.78 is 5.18. The van der Waals surface area contributed by atoms with E-state index >= 15 is 0 Å². The number of pyridine rings is 1. The van der Waals surface area contributed by atoms with Gasteiger partial charge in [0.2, 0.25) is 5.69 Å². The molecule has 88 valence electrons. The molecule has 7 nitrogen and oxygen atoms in total. The maximum atomic E-state index is 10.6. The van der Waals surface area contributed by atoms with E-state index in [-0.39, 0.29) is 17.4 Å². The lowest BCUT2D eigenvalue weighted by Gasteiger charge is -2.10. The molecule has 0 radical (unpaired) electrons. The Morgan fingerprint density at radius 3 is 3.06 bits per heavy atom. The van der Waals surface area contributed by atoms with Crippen molar-refractivity contribution in [3.8, 4) is 6.07 Å². The minimum absolute atomic E-state index is 0.149. The first-order valence-corrected chi connectivity index (χ1v) is 5.10. The zero-order chi connectivity index (χ0) is 12.3. The molecule has 2 rings (SSSR count). The Morgan fingerprint density at radius 1 is 1.65 bits per heavy atom. The molecule has 2 heterocycles. The van der Waals surface area contributed by atoms with Crippen LogP contribution in [0.3, 0.4) is 0 Å². The summed E-state index contributed by atoms with van der Waals surface area (Å²) in [6.45, 7) is 1.27. The average Bonchev–Trinajstić information content (AvgIpc) is 2.81. The topological polar surface area (TPSA) is 101 Å². The summed E-state index contributed by atoms with van der Waals surface area (Å²) in [4.78, 5) is 13.9. The van der Waals surface area contributed by atoms with Crippen molar-refractivity contribution in [2.75, 3.05) is 18.5 Å². The molecule has 0 bridgehead atoms. The Kier molecular flexibility index (Phi) is 3.16. The van der Waals surface area contributed by atoms with Crippen LogP contribution in [0, 0.1) is 21.4 Å². The van der Waals surface area contributed by atoms with Crippen molar-refractivity contribution < 1.29 is 9.66 Å². The van der Waals surface area contributed by atoms with Gasteiger partial charge in [-0.15, -0.1) is 0 Å². The quantitative estimate of drug-likeness (QED) is 0.619. The Labute approximate surface area is 97.2 Å². The van der Waals surface area contributed by atoms with E-state index in [2.05, 4.69) is 10.3 Å². The van der Waals surface area contributed by atoms with Crippen molar-refractivity contribution in [2.45, 2.75) is 12.5 Å². The van der Waals surface area contributed by atoms with Crippen LogP contribution in [0.5, 0.6) is 0 Å². The number of aromatic nitrogens is 1. The summed E-state index contributed by atoms with van der Waals surface area (Å²) >= 11 is 0. The summed E-state index contributed by atoms with van der Waals surface area (Å²) in [7, 11) is 0. The standard InChI is InChI=1S/C10H10N4O3/c11-5-8-9(14(15)16)1-2-10(13-8)12-7-3-4-17-6-7/h1-2,7H,3-4,6H2,(H,12,13). The minimum Gasteiger partial charge on any atom is -0.379 e. The lowest BCUT2D eigenvalue weighted by atomic mass is 10.2. The van der Waals surface area contributed by atoms with E-state index in [0.29, 0.717) is 19.0 Å². The average molecular weight is 234 g/mol. The maximum Gasteiger partial charge on any atom is 0.305 e. The molecule has 0 aromatic carbocycles. The zero-order valence-electron chi connectivity index (χ0n) is 8.92. The molecule has 0 saturated carbocycles. The number of nitrogens with zero attached hydrogens (tertiary/aromatic N) is 3. The fraction of sp³-hybridized carbons (Fsp3) is 0.400. The summed E-state index contributed by atoms with van der Waals surface area (Å²) in [6.07, 6.45) is 0.862. The van der Waals surface area contributed by atoms with Gasteiger partial charge >= 0.3 is 5.69 Å². The summed E-state index contributed by atoms with van der Waals surface area (Å²) in [5, 5.41) is 22.5. The van der Waals surface area contributed by atoms with E-state index in [4.69, 9.17) is 10.00 Å². The van der Waals surface area contributed by atoms with E-state index < -0.39 is 4.92 Å². The van der Waals surface area contributed by atoms with Crippen LogP contribution in [0.4, 0.5) is 11.5 Å². The highest BCUT2D eigenvalue weighted by Crippen LogP contribution is 2.19.